The lowest BCUT2D eigenvalue weighted by Crippen LogP contribution is -2.28. The number of benzene rings is 2. The van der Waals surface area contributed by atoms with Crippen molar-refractivity contribution in [2.24, 2.45) is 0 Å². The summed E-state index contributed by atoms with van der Waals surface area (Å²) in [6, 6.07) is 18.0. The van der Waals surface area contributed by atoms with Gasteiger partial charge < -0.3 is 10.1 Å². The molecule has 1 amide bonds. The average Bonchev–Trinajstić information content (AvgIpc) is 2.55. The molecule has 0 aliphatic carbocycles. The predicted molar refractivity (Wildman–Crippen MR) is 89.2 cm³/mol. The second-order valence-electron chi connectivity index (χ2n) is 5.48. The lowest BCUT2D eigenvalue weighted by atomic mass is 10.0. The molecule has 0 saturated carbocycles. The van der Waals surface area contributed by atoms with Gasteiger partial charge in [-0.3, -0.25) is 4.79 Å². The Kier molecular flexibility index (Phi) is 6.01. The number of nitrogens with one attached hydrogen (secondary N) is 1. The highest BCUT2D eigenvalue weighted by Gasteiger charge is 2.08. The maximum absolute atomic E-state index is 11.9. The Morgan fingerprint density at radius 3 is 2.50 bits per heavy atom. The minimum absolute atomic E-state index is 0.0244. The van der Waals surface area contributed by atoms with E-state index < -0.39 is 0 Å². The number of hydrogen-bond donors (Lipinski definition) is 1. The molecule has 3 nitrogen and oxygen atoms in total. The van der Waals surface area contributed by atoms with E-state index in [1.165, 1.54) is 5.56 Å². The van der Waals surface area contributed by atoms with Gasteiger partial charge in [0.25, 0.3) is 0 Å². The zero-order valence-electron chi connectivity index (χ0n) is 13.2. The Morgan fingerprint density at radius 2 is 1.77 bits per heavy atom. The van der Waals surface area contributed by atoms with Gasteiger partial charge in [0, 0.05) is 6.54 Å². The molecule has 0 bridgehead atoms. The van der Waals surface area contributed by atoms with E-state index in [-0.39, 0.29) is 5.91 Å². The van der Waals surface area contributed by atoms with E-state index in [1.54, 1.807) is 0 Å². The first kappa shape index (κ1) is 16.1. The summed E-state index contributed by atoms with van der Waals surface area (Å²) >= 11 is 0. The van der Waals surface area contributed by atoms with E-state index in [0.29, 0.717) is 25.5 Å². The Hall–Kier alpha value is -2.29. The van der Waals surface area contributed by atoms with Crippen LogP contribution in [0, 0.1) is 6.92 Å². The monoisotopic (exact) mass is 297 g/mol. The summed E-state index contributed by atoms with van der Waals surface area (Å²) in [6.45, 7) is 5.15. The highest BCUT2D eigenvalue weighted by Crippen LogP contribution is 2.16. The number of aryl methyl sites for hydroxylation is 1. The molecule has 1 N–H and O–H groups in total. The molecule has 0 aliphatic rings. The quantitative estimate of drug-likeness (QED) is 0.846. The minimum Gasteiger partial charge on any atom is -0.493 e. The summed E-state index contributed by atoms with van der Waals surface area (Å²) in [5.74, 6) is 1.17. The van der Waals surface area contributed by atoms with E-state index in [1.807, 2.05) is 49.4 Å². The minimum atomic E-state index is 0.0244. The van der Waals surface area contributed by atoms with Crippen LogP contribution in [0.15, 0.2) is 54.6 Å². The third-order valence-electron chi connectivity index (χ3n) is 3.65. The van der Waals surface area contributed by atoms with Crippen LogP contribution in [-0.2, 0) is 4.79 Å². The van der Waals surface area contributed by atoms with Crippen LogP contribution >= 0.6 is 0 Å². The van der Waals surface area contributed by atoms with Crippen molar-refractivity contribution in [3.8, 4) is 5.75 Å². The van der Waals surface area contributed by atoms with Crippen LogP contribution in [0.25, 0.3) is 0 Å². The van der Waals surface area contributed by atoms with Gasteiger partial charge in [0.15, 0.2) is 0 Å². The number of rotatable bonds is 7. The number of carbonyl (C=O) groups excluding carboxylic acids is 1. The van der Waals surface area contributed by atoms with Crippen LogP contribution in [0.1, 0.15) is 30.4 Å². The summed E-state index contributed by atoms with van der Waals surface area (Å²) in [4.78, 5) is 11.9. The average molecular weight is 297 g/mol. The van der Waals surface area contributed by atoms with Crippen LogP contribution in [0.5, 0.6) is 5.75 Å². The van der Waals surface area contributed by atoms with Gasteiger partial charge in [0.05, 0.1) is 13.0 Å². The number of amides is 1. The molecule has 0 spiro atoms. The maximum Gasteiger partial charge on any atom is 0.223 e. The first-order chi connectivity index (χ1) is 10.7. The Labute approximate surface area is 132 Å². The van der Waals surface area contributed by atoms with Crippen molar-refractivity contribution in [3.05, 3.63) is 65.7 Å². The van der Waals surface area contributed by atoms with E-state index in [0.717, 1.165) is 11.3 Å². The van der Waals surface area contributed by atoms with Crippen LogP contribution in [0.4, 0.5) is 0 Å². The summed E-state index contributed by atoms with van der Waals surface area (Å²) in [7, 11) is 0. The molecular weight excluding hydrogens is 274 g/mol. The van der Waals surface area contributed by atoms with Gasteiger partial charge in [-0.2, -0.15) is 0 Å². The highest BCUT2D eigenvalue weighted by molar-refractivity contribution is 5.76. The first-order valence-electron chi connectivity index (χ1n) is 7.67. The SMILES string of the molecule is Cc1ccccc1OCCC(=O)NC[C@@H](C)c1ccccc1. The molecule has 0 radical (unpaired) electrons. The van der Waals surface area contributed by atoms with Crippen molar-refractivity contribution >= 4 is 5.91 Å². The number of hydrogen-bond acceptors (Lipinski definition) is 2. The van der Waals surface area contributed by atoms with Gasteiger partial charge in [0.2, 0.25) is 5.91 Å². The van der Waals surface area contributed by atoms with Crippen molar-refractivity contribution in [2.75, 3.05) is 13.2 Å². The predicted octanol–water partition coefficient (Wildman–Crippen LogP) is 3.68. The van der Waals surface area contributed by atoms with Gasteiger partial charge in [-0.05, 0) is 30.0 Å². The standard InChI is InChI=1S/C19H23NO2/c1-15-8-6-7-11-18(15)22-13-12-19(21)20-14-16(2)17-9-4-3-5-10-17/h3-11,16H,12-14H2,1-2H3,(H,20,21)/t16-/m1/s1. The van der Waals surface area contributed by atoms with Gasteiger partial charge >= 0.3 is 0 Å². The third kappa shape index (κ3) is 4.92. The number of ether oxygens (including phenoxy) is 1. The second kappa shape index (κ2) is 8.23. The molecule has 3 heteroatoms. The zero-order chi connectivity index (χ0) is 15.8. The van der Waals surface area contributed by atoms with Gasteiger partial charge in [-0.25, -0.2) is 0 Å². The largest absolute Gasteiger partial charge is 0.493 e. The lowest BCUT2D eigenvalue weighted by molar-refractivity contribution is -0.121. The second-order valence-corrected chi connectivity index (χ2v) is 5.48. The summed E-state index contributed by atoms with van der Waals surface area (Å²) in [6.07, 6.45) is 0.371. The molecule has 0 heterocycles. The van der Waals surface area contributed by atoms with Crippen molar-refractivity contribution in [1.29, 1.82) is 0 Å². The summed E-state index contributed by atoms with van der Waals surface area (Å²) < 4.78 is 5.64. The molecule has 0 unspecified atom stereocenters. The molecule has 2 rings (SSSR count). The molecule has 22 heavy (non-hydrogen) atoms. The lowest BCUT2D eigenvalue weighted by Gasteiger charge is -2.13. The van der Waals surface area contributed by atoms with Crippen LogP contribution in [0.2, 0.25) is 0 Å². The van der Waals surface area contributed by atoms with Crippen LogP contribution in [-0.4, -0.2) is 19.1 Å². The summed E-state index contributed by atoms with van der Waals surface area (Å²) in [5, 5.41) is 2.96. The molecule has 0 aliphatic heterocycles. The van der Waals surface area contributed by atoms with Crippen molar-refractivity contribution < 1.29 is 9.53 Å². The third-order valence-corrected chi connectivity index (χ3v) is 3.65. The van der Waals surface area contributed by atoms with E-state index in [9.17, 15) is 4.79 Å². The zero-order valence-corrected chi connectivity index (χ0v) is 13.2. The van der Waals surface area contributed by atoms with E-state index >= 15 is 0 Å². The maximum atomic E-state index is 11.9. The number of carbonyl (C=O) groups is 1. The van der Waals surface area contributed by atoms with Crippen LogP contribution in [0.3, 0.4) is 0 Å². The van der Waals surface area contributed by atoms with Crippen molar-refractivity contribution in [2.45, 2.75) is 26.2 Å². The van der Waals surface area contributed by atoms with Crippen molar-refractivity contribution in [1.82, 2.24) is 5.32 Å². The molecule has 2 aromatic carbocycles. The molecule has 0 aromatic heterocycles. The molecule has 116 valence electrons. The van der Waals surface area contributed by atoms with Gasteiger partial charge in [-0.15, -0.1) is 0 Å². The normalized spacial score (nSPS) is 11.7. The fraction of sp³-hybridized carbons (Fsp3) is 0.316. The van der Waals surface area contributed by atoms with Gasteiger partial charge in [0.1, 0.15) is 5.75 Å². The van der Waals surface area contributed by atoms with Crippen LogP contribution < -0.4 is 10.1 Å². The van der Waals surface area contributed by atoms with Gasteiger partial charge in [-0.1, -0.05) is 55.5 Å². The van der Waals surface area contributed by atoms with E-state index in [4.69, 9.17) is 4.74 Å². The first-order valence-corrected chi connectivity index (χ1v) is 7.67. The smallest absolute Gasteiger partial charge is 0.223 e. The summed E-state index contributed by atoms with van der Waals surface area (Å²) in [5.41, 5.74) is 2.32. The Morgan fingerprint density at radius 1 is 1.09 bits per heavy atom. The fourth-order valence-corrected chi connectivity index (χ4v) is 2.23. The molecule has 0 saturated heterocycles. The highest BCUT2D eigenvalue weighted by atomic mass is 16.5. The molecule has 0 fully saturated rings. The molecular formula is C19H23NO2. The molecule has 1 atom stereocenters. The Balaban J connectivity index is 1.69. The topological polar surface area (TPSA) is 38.3 Å². The molecule has 2 aromatic rings. The fourth-order valence-electron chi connectivity index (χ4n) is 2.23. The number of para-hydroxylation sites is 1. The van der Waals surface area contributed by atoms with Crippen molar-refractivity contribution in [3.63, 3.8) is 0 Å². The van der Waals surface area contributed by atoms with E-state index in [2.05, 4.69) is 24.4 Å². The Bertz CT molecular complexity index is 595.